The van der Waals surface area contributed by atoms with E-state index in [0.29, 0.717) is 0 Å². The van der Waals surface area contributed by atoms with Gasteiger partial charge in [-0.3, -0.25) is 4.68 Å². The summed E-state index contributed by atoms with van der Waals surface area (Å²) in [6.07, 6.45) is 4.07. The largest absolute Gasteiger partial charge is 0.396 e. The molecule has 0 saturated carbocycles. The topological polar surface area (TPSA) is 50.1 Å². The first-order valence-electron chi connectivity index (χ1n) is 5.84. The maximum Gasteiger partial charge on any atom is 0.0762 e. The Morgan fingerprint density at radius 2 is 2.25 bits per heavy atom. The summed E-state index contributed by atoms with van der Waals surface area (Å²) < 4.78 is 1.81. The first kappa shape index (κ1) is 13.2. The lowest BCUT2D eigenvalue weighted by atomic mass is 9.89. The number of hydrogen-bond acceptors (Lipinski definition) is 3. The average Bonchev–Trinajstić information content (AvgIpc) is 2.64. The van der Waals surface area contributed by atoms with Crippen LogP contribution in [0.3, 0.4) is 0 Å². The molecule has 1 aromatic rings. The third-order valence-electron chi connectivity index (χ3n) is 2.71. The zero-order valence-electron chi connectivity index (χ0n) is 10.5. The fraction of sp³-hybridized carbons (Fsp3) is 0.750. The lowest BCUT2D eigenvalue weighted by Crippen LogP contribution is -2.21. The number of nitrogens with one attached hydrogen (secondary N) is 1. The van der Waals surface area contributed by atoms with E-state index in [-0.39, 0.29) is 12.0 Å². The van der Waals surface area contributed by atoms with E-state index < -0.39 is 0 Å². The lowest BCUT2D eigenvalue weighted by Gasteiger charge is -2.21. The van der Waals surface area contributed by atoms with E-state index in [1.54, 1.807) is 0 Å². The molecule has 1 rings (SSSR count). The van der Waals surface area contributed by atoms with Crippen molar-refractivity contribution in [3.63, 3.8) is 0 Å². The van der Waals surface area contributed by atoms with Crippen LogP contribution >= 0.6 is 0 Å². The van der Waals surface area contributed by atoms with Crippen molar-refractivity contribution in [3.8, 4) is 0 Å². The van der Waals surface area contributed by atoms with Gasteiger partial charge in [0.15, 0.2) is 0 Å². The molecule has 0 aliphatic rings. The molecule has 1 aromatic heterocycles. The van der Waals surface area contributed by atoms with Crippen molar-refractivity contribution in [2.45, 2.75) is 33.2 Å². The quantitative estimate of drug-likeness (QED) is 0.688. The van der Waals surface area contributed by atoms with Crippen molar-refractivity contribution in [3.05, 3.63) is 18.0 Å². The SMILES string of the molecule is Cn1ccc(CNCCCC(C)(C)CO)n1. The summed E-state index contributed by atoms with van der Waals surface area (Å²) in [4.78, 5) is 0. The summed E-state index contributed by atoms with van der Waals surface area (Å²) >= 11 is 0. The van der Waals surface area contributed by atoms with Crippen molar-refractivity contribution >= 4 is 0 Å². The Balaban J connectivity index is 2.08. The molecule has 0 aliphatic heterocycles. The monoisotopic (exact) mass is 225 g/mol. The molecular weight excluding hydrogens is 202 g/mol. The van der Waals surface area contributed by atoms with Gasteiger partial charge in [-0.15, -0.1) is 0 Å². The second kappa shape index (κ2) is 6.01. The zero-order chi connectivity index (χ0) is 12.0. The van der Waals surface area contributed by atoms with Crippen molar-refractivity contribution in [1.82, 2.24) is 15.1 Å². The number of aromatic nitrogens is 2. The van der Waals surface area contributed by atoms with Crippen LogP contribution in [-0.4, -0.2) is 28.0 Å². The molecule has 2 N–H and O–H groups in total. The molecule has 0 spiro atoms. The molecule has 1 heterocycles. The Labute approximate surface area is 97.7 Å². The highest BCUT2D eigenvalue weighted by Crippen LogP contribution is 2.20. The number of aliphatic hydroxyl groups excluding tert-OH is 1. The highest BCUT2D eigenvalue weighted by molar-refractivity contribution is 4.97. The molecule has 0 aromatic carbocycles. The Kier molecular flexibility index (Phi) is 4.96. The van der Waals surface area contributed by atoms with Crippen LogP contribution in [0.25, 0.3) is 0 Å². The number of aryl methyl sites for hydroxylation is 1. The Morgan fingerprint density at radius 3 is 2.81 bits per heavy atom. The fourth-order valence-corrected chi connectivity index (χ4v) is 1.54. The van der Waals surface area contributed by atoms with E-state index in [2.05, 4.69) is 24.3 Å². The van der Waals surface area contributed by atoms with Crippen molar-refractivity contribution in [2.75, 3.05) is 13.2 Å². The summed E-state index contributed by atoms with van der Waals surface area (Å²) in [5.74, 6) is 0. The molecule has 92 valence electrons. The van der Waals surface area contributed by atoms with Crippen molar-refractivity contribution in [2.24, 2.45) is 12.5 Å². The van der Waals surface area contributed by atoms with Gasteiger partial charge < -0.3 is 10.4 Å². The van der Waals surface area contributed by atoms with E-state index >= 15 is 0 Å². The van der Waals surface area contributed by atoms with E-state index in [9.17, 15) is 0 Å². The highest BCUT2D eigenvalue weighted by atomic mass is 16.3. The molecule has 4 heteroatoms. The first-order chi connectivity index (χ1) is 7.53. The van der Waals surface area contributed by atoms with Crippen LogP contribution in [0, 0.1) is 5.41 Å². The zero-order valence-corrected chi connectivity index (χ0v) is 10.5. The lowest BCUT2D eigenvalue weighted by molar-refractivity contribution is 0.148. The smallest absolute Gasteiger partial charge is 0.0762 e. The maximum absolute atomic E-state index is 9.10. The third-order valence-corrected chi connectivity index (χ3v) is 2.71. The van der Waals surface area contributed by atoms with Gasteiger partial charge in [-0.05, 0) is 30.9 Å². The minimum Gasteiger partial charge on any atom is -0.396 e. The van der Waals surface area contributed by atoms with E-state index in [1.165, 1.54) is 0 Å². The first-order valence-corrected chi connectivity index (χ1v) is 5.84. The summed E-state index contributed by atoms with van der Waals surface area (Å²) in [6.45, 7) is 6.23. The minimum absolute atomic E-state index is 0.0483. The molecule has 4 nitrogen and oxygen atoms in total. The number of aliphatic hydroxyl groups is 1. The standard InChI is InChI=1S/C12H23N3O/c1-12(2,10-16)6-4-7-13-9-11-5-8-15(3)14-11/h5,8,13,16H,4,6-7,9-10H2,1-3H3. The van der Waals surface area contributed by atoms with Gasteiger partial charge in [0.25, 0.3) is 0 Å². The molecule has 0 unspecified atom stereocenters. The van der Waals surface area contributed by atoms with Gasteiger partial charge in [0.2, 0.25) is 0 Å². The summed E-state index contributed by atoms with van der Waals surface area (Å²) in [5, 5.41) is 16.7. The van der Waals surface area contributed by atoms with Gasteiger partial charge >= 0.3 is 0 Å². The molecule has 0 fully saturated rings. The van der Waals surface area contributed by atoms with Crippen molar-refractivity contribution < 1.29 is 5.11 Å². The van der Waals surface area contributed by atoms with Gasteiger partial charge in [-0.2, -0.15) is 5.10 Å². The molecular formula is C12H23N3O. The second-order valence-corrected chi connectivity index (χ2v) is 5.08. The highest BCUT2D eigenvalue weighted by Gasteiger charge is 2.15. The van der Waals surface area contributed by atoms with Crippen molar-refractivity contribution in [1.29, 1.82) is 0 Å². The molecule has 0 aliphatic carbocycles. The van der Waals surface area contributed by atoms with Gasteiger partial charge in [-0.25, -0.2) is 0 Å². The number of rotatable bonds is 7. The Hall–Kier alpha value is -0.870. The predicted octanol–water partition coefficient (Wildman–Crippen LogP) is 1.31. The summed E-state index contributed by atoms with van der Waals surface area (Å²) in [7, 11) is 1.92. The van der Waals surface area contributed by atoms with E-state index in [0.717, 1.165) is 31.6 Å². The molecule has 0 atom stereocenters. The van der Waals surface area contributed by atoms with Crippen LogP contribution in [0.1, 0.15) is 32.4 Å². The Morgan fingerprint density at radius 1 is 1.50 bits per heavy atom. The van der Waals surface area contributed by atoms with Crippen LogP contribution in [0.2, 0.25) is 0 Å². The Bertz CT molecular complexity index is 307. The normalized spacial score (nSPS) is 12.0. The van der Waals surface area contributed by atoms with Crippen LogP contribution in [0.4, 0.5) is 0 Å². The van der Waals surface area contributed by atoms with Crippen LogP contribution < -0.4 is 5.32 Å². The van der Waals surface area contributed by atoms with E-state index in [1.807, 2.05) is 24.0 Å². The molecule has 0 radical (unpaired) electrons. The number of nitrogens with zero attached hydrogens (tertiary/aromatic N) is 2. The average molecular weight is 225 g/mol. The van der Waals surface area contributed by atoms with Crippen LogP contribution in [0.5, 0.6) is 0 Å². The minimum atomic E-state index is 0.0483. The fourth-order valence-electron chi connectivity index (χ4n) is 1.54. The predicted molar refractivity (Wildman–Crippen MR) is 65.0 cm³/mol. The summed E-state index contributed by atoms with van der Waals surface area (Å²) in [6, 6.07) is 2.02. The molecule has 0 bridgehead atoms. The third kappa shape index (κ3) is 4.77. The van der Waals surface area contributed by atoms with Crippen LogP contribution in [-0.2, 0) is 13.6 Å². The summed E-state index contributed by atoms with van der Waals surface area (Å²) in [5.41, 5.74) is 1.12. The van der Waals surface area contributed by atoms with Crippen LogP contribution in [0.15, 0.2) is 12.3 Å². The maximum atomic E-state index is 9.10. The van der Waals surface area contributed by atoms with E-state index in [4.69, 9.17) is 5.11 Å². The van der Waals surface area contributed by atoms with Gasteiger partial charge in [0.05, 0.1) is 5.69 Å². The number of hydrogen-bond donors (Lipinski definition) is 2. The van der Waals surface area contributed by atoms with Gasteiger partial charge in [0, 0.05) is 26.4 Å². The molecule has 0 amide bonds. The molecule has 16 heavy (non-hydrogen) atoms. The second-order valence-electron chi connectivity index (χ2n) is 5.08. The molecule has 0 saturated heterocycles. The van der Waals surface area contributed by atoms with Gasteiger partial charge in [-0.1, -0.05) is 13.8 Å². The van der Waals surface area contributed by atoms with Gasteiger partial charge in [0.1, 0.15) is 0 Å².